The quantitative estimate of drug-likeness (QED) is 0.829. The zero-order valence-corrected chi connectivity index (χ0v) is 11.6. The van der Waals surface area contributed by atoms with Gasteiger partial charge in [-0.2, -0.15) is 0 Å². The number of hydrogen-bond acceptors (Lipinski definition) is 2. The van der Waals surface area contributed by atoms with Crippen LogP contribution in [0, 0.1) is 0 Å². The van der Waals surface area contributed by atoms with Crippen molar-refractivity contribution >= 4 is 0 Å². The molecule has 0 saturated heterocycles. The van der Waals surface area contributed by atoms with E-state index in [1.165, 1.54) is 5.56 Å². The van der Waals surface area contributed by atoms with Crippen molar-refractivity contribution in [3.8, 4) is 0 Å². The van der Waals surface area contributed by atoms with Gasteiger partial charge >= 0.3 is 0 Å². The highest BCUT2D eigenvalue weighted by Crippen LogP contribution is 2.08. The molecule has 0 saturated carbocycles. The molecule has 3 nitrogen and oxygen atoms in total. The number of nitrogens with two attached hydrogens (primary N) is 1. The lowest BCUT2D eigenvalue weighted by Gasteiger charge is -2.12. The third-order valence-electron chi connectivity index (χ3n) is 3.36. The van der Waals surface area contributed by atoms with Crippen LogP contribution in [0.4, 0.5) is 0 Å². The molecule has 0 aliphatic heterocycles. The van der Waals surface area contributed by atoms with E-state index in [0.29, 0.717) is 0 Å². The van der Waals surface area contributed by atoms with Crippen molar-refractivity contribution in [2.75, 3.05) is 0 Å². The first-order chi connectivity index (χ1) is 9.29. The molecule has 19 heavy (non-hydrogen) atoms. The van der Waals surface area contributed by atoms with Crippen molar-refractivity contribution in [1.29, 1.82) is 0 Å². The van der Waals surface area contributed by atoms with E-state index in [4.69, 9.17) is 5.73 Å². The molecule has 0 fully saturated rings. The maximum Gasteiger partial charge on any atom is 0.110 e. The van der Waals surface area contributed by atoms with E-state index in [9.17, 15) is 0 Å². The Hall–Kier alpha value is -1.61. The maximum atomic E-state index is 6.22. The van der Waals surface area contributed by atoms with Crippen LogP contribution in [-0.4, -0.2) is 15.6 Å². The first kappa shape index (κ1) is 13.8. The van der Waals surface area contributed by atoms with E-state index < -0.39 is 0 Å². The first-order valence-electron chi connectivity index (χ1n) is 7.09. The number of nitrogens with zero attached hydrogens (tertiary/aromatic N) is 2. The SMILES string of the molecule is CCCn1ccnc1CC(N)CCc1ccccc1. The molecule has 0 bridgehead atoms. The molecule has 2 aromatic rings. The fourth-order valence-corrected chi connectivity index (χ4v) is 2.31. The molecule has 0 aliphatic rings. The largest absolute Gasteiger partial charge is 0.335 e. The molecule has 0 spiro atoms. The van der Waals surface area contributed by atoms with Crippen LogP contribution in [0.1, 0.15) is 31.2 Å². The van der Waals surface area contributed by atoms with Crippen LogP contribution in [-0.2, 0) is 19.4 Å². The van der Waals surface area contributed by atoms with Crippen LogP contribution < -0.4 is 5.73 Å². The predicted molar refractivity (Wildman–Crippen MR) is 79.0 cm³/mol. The summed E-state index contributed by atoms with van der Waals surface area (Å²) in [5, 5.41) is 0. The van der Waals surface area contributed by atoms with Crippen molar-refractivity contribution in [2.45, 2.75) is 45.2 Å². The summed E-state index contributed by atoms with van der Waals surface area (Å²) in [6, 6.07) is 10.7. The molecule has 1 heterocycles. The highest BCUT2D eigenvalue weighted by atomic mass is 15.1. The number of aryl methyl sites for hydroxylation is 2. The molecule has 2 N–H and O–H groups in total. The van der Waals surface area contributed by atoms with Gasteiger partial charge in [0.15, 0.2) is 0 Å². The molecule has 2 rings (SSSR count). The number of benzene rings is 1. The van der Waals surface area contributed by atoms with E-state index in [2.05, 4.69) is 40.7 Å². The number of imidazole rings is 1. The summed E-state index contributed by atoms with van der Waals surface area (Å²) in [4.78, 5) is 4.41. The molecule has 1 aromatic heterocycles. The second kappa shape index (κ2) is 7.10. The summed E-state index contributed by atoms with van der Waals surface area (Å²) in [6.07, 6.45) is 7.94. The lowest BCUT2D eigenvalue weighted by atomic mass is 10.0. The van der Waals surface area contributed by atoms with E-state index in [1.807, 2.05) is 18.5 Å². The van der Waals surface area contributed by atoms with Crippen LogP contribution in [0.25, 0.3) is 0 Å². The lowest BCUT2D eigenvalue weighted by Crippen LogP contribution is -2.25. The van der Waals surface area contributed by atoms with Crippen LogP contribution >= 0.6 is 0 Å². The zero-order valence-electron chi connectivity index (χ0n) is 11.6. The van der Waals surface area contributed by atoms with Crippen molar-refractivity contribution in [3.63, 3.8) is 0 Å². The number of aromatic nitrogens is 2. The monoisotopic (exact) mass is 257 g/mol. The summed E-state index contributed by atoms with van der Waals surface area (Å²) >= 11 is 0. The summed E-state index contributed by atoms with van der Waals surface area (Å²) in [5.74, 6) is 1.11. The Labute approximate surface area is 115 Å². The minimum absolute atomic E-state index is 0.179. The molecule has 0 aliphatic carbocycles. The molecule has 3 heteroatoms. The van der Waals surface area contributed by atoms with Gasteiger partial charge in [-0.25, -0.2) is 4.98 Å². The Balaban J connectivity index is 1.84. The summed E-state index contributed by atoms with van der Waals surface area (Å²) in [5.41, 5.74) is 7.58. The Morgan fingerprint density at radius 1 is 1.26 bits per heavy atom. The van der Waals surface area contributed by atoms with E-state index >= 15 is 0 Å². The highest BCUT2D eigenvalue weighted by molar-refractivity contribution is 5.14. The molecule has 1 atom stereocenters. The van der Waals surface area contributed by atoms with Gasteiger partial charge < -0.3 is 10.3 Å². The van der Waals surface area contributed by atoms with E-state index in [1.54, 1.807) is 0 Å². The molecule has 1 unspecified atom stereocenters. The molecule has 0 amide bonds. The van der Waals surface area contributed by atoms with Gasteiger partial charge in [-0.1, -0.05) is 37.3 Å². The predicted octanol–water partition coefficient (Wildman–Crippen LogP) is 2.80. The Morgan fingerprint density at radius 2 is 2.05 bits per heavy atom. The molecule has 1 aromatic carbocycles. The number of rotatable bonds is 7. The van der Waals surface area contributed by atoms with Crippen molar-refractivity contribution in [1.82, 2.24) is 9.55 Å². The van der Waals surface area contributed by atoms with Gasteiger partial charge in [0, 0.05) is 31.4 Å². The second-order valence-corrected chi connectivity index (χ2v) is 5.03. The summed E-state index contributed by atoms with van der Waals surface area (Å²) in [7, 11) is 0. The van der Waals surface area contributed by atoms with Gasteiger partial charge in [0.1, 0.15) is 5.82 Å². The van der Waals surface area contributed by atoms with Gasteiger partial charge in [-0.15, -0.1) is 0 Å². The van der Waals surface area contributed by atoms with Gasteiger partial charge in [0.05, 0.1) is 0 Å². The number of hydrogen-bond donors (Lipinski definition) is 1. The molecule has 102 valence electrons. The minimum Gasteiger partial charge on any atom is -0.335 e. The zero-order chi connectivity index (χ0) is 13.5. The van der Waals surface area contributed by atoms with Gasteiger partial charge in [-0.05, 0) is 24.8 Å². The van der Waals surface area contributed by atoms with Crippen molar-refractivity contribution in [3.05, 3.63) is 54.1 Å². The van der Waals surface area contributed by atoms with Gasteiger partial charge in [-0.3, -0.25) is 0 Å². The summed E-state index contributed by atoms with van der Waals surface area (Å²) in [6.45, 7) is 3.21. The van der Waals surface area contributed by atoms with Crippen molar-refractivity contribution < 1.29 is 0 Å². The second-order valence-electron chi connectivity index (χ2n) is 5.03. The molecular weight excluding hydrogens is 234 g/mol. The van der Waals surface area contributed by atoms with Crippen LogP contribution in [0.2, 0.25) is 0 Å². The maximum absolute atomic E-state index is 6.22. The normalized spacial score (nSPS) is 12.5. The first-order valence-corrected chi connectivity index (χ1v) is 7.09. The highest BCUT2D eigenvalue weighted by Gasteiger charge is 2.09. The van der Waals surface area contributed by atoms with Crippen molar-refractivity contribution in [2.24, 2.45) is 5.73 Å². The average Bonchev–Trinajstić information content (AvgIpc) is 2.85. The van der Waals surface area contributed by atoms with Gasteiger partial charge in [0.2, 0.25) is 0 Å². The third kappa shape index (κ3) is 4.21. The van der Waals surface area contributed by atoms with Crippen LogP contribution in [0.15, 0.2) is 42.7 Å². The average molecular weight is 257 g/mol. The molecule has 0 radical (unpaired) electrons. The smallest absolute Gasteiger partial charge is 0.110 e. The minimum atomic E-state index is 0.179. The van der Waals surface area contributed by atoms with Crippen LogP contribution in [0.3, 0.4) is 0 Å². The topological polar surface area (TPSA) is 43.8 Å². The Kier molecular flexibility index (Phi) is 5.16. The molecular formula is C16H23N3. The Bertz CT molecular complexity index is 476. The summed E-state index contributed by atoms with van der Waals surface area (Å²) < 4.78 is 2.21. The standard InChI is InChI=1S/C16H23N3/c1-2-11-19-12-10-18-16(19)13-15(17)9-8-14-6-4-3-5-7-14/h3-7,10,12,15H,2,8-9,11,13,17H2,1H3. The fraction of sp³-hybridized carbons (Fsp3) is 0.438. The fourth-order valence-electron chi connectivity index (χ4n) is 2.31. The van der Waals surface area contributed by atoms with E-state index in [0.717, 1.165) is 38.1 Å². The van der Waals surface area contributed by atoms with Gasteiger partial charge in [0.25, 0.3) is 0 Å². The third-order valence-corrected chi connectivity index (χ3v) is 3.36. The van der Waals surface area contributed by atoms with E-state index in [-0.39, 0.29) is 6.04 Å². The van der Waals surface area contributed by atoms with Crippen LogP contribution in [0.5, 0.6) is 0 Å². The Morgan fingerprint density at radius 3 is 2.79 bits per heavy atom. The lowest BCUT2D eigenvalue weighted by molar-refractivity contribution is 0.557.